The molecule has 1 saturated heterocycles. The summed E-state index contributed by atoms with van der Waals surface area (Å²) in [5.41, 5.74) is 5.25. The van der Waals surface area contributed by atoms with Crippen LogP contribution in [0.1, 0.15) is 143 Å². The number of ether oxygens (including phenoxy) is 3. The number of hydrogen-bond acceptors (Lipinski definition) is 11. The molecular formula is C37H66N4O12. The topological polar surface area (TPSA) is 253 Å². The average molecular weight is 759 g/mol. The summed E-state index contributed by atoms with van der Waals surface area (Å²) in [6.07, 6.45) is 10.3. The van der Waals surface area contributed by atoms with Crippen molar-refractivity contribution in [2.24, 2.45) is 5.73 Å². The number of esters is 1. The van der Waals surface area contributed by atoms with E-state index >= 15 is 0 Å². The molecule has 0 radical (unpaired) electrons. The van der Waals surface area contributed by atoms with E-state index in [9.17, 15) is 39.0 Å². The Balaban J connectivity index is 2.53. The van der Waals surface area contributed by atoms with Gasteiger partial charge in [0, 0.05) is 19.8 Å². The van der Waals surface area contributed by atoms with Crippen molar-refractivity contribution < 1.29 is 58.3 Å². The number of nitrogens with two attached hydrogens (primary N) is 1. The number of primary amides is 1. The van der Waals surface area contributed by atoms with Crippen LogP contribution in [-0.4, -0.2) is 106 Å². The molecule has 4 amide bonds. The number of hydrogen-bond donors (Lipinski definition) is 7. The normalized spacial score (nSPS) is 21.5. The Kier molecular flexibility index (Phi) is 24.5. The third kappa shape index (κ3) is 20.6. The molecule has 306 valence electrons. The Labute approximate surface area is 314 Å². The van der Waals surface area contributed by atoms with Gasteiger partial charge in [0.1, 0.15) is 49.1 Å². The molecule has 16 nitrogen and oxygen atoms in total. The van der Waals surface area contributed by atoms with Gasteiger partial charge in [0.25, 0.3) is 0 Å². The predicted octanol–water partition coefficient (Wildman–Crippen LogP) is 2.49. The SMILES string of the molecule is CCCCCCCCCCCCCCCCCC(=O)OC[C@H]1OC(O)[C@H](NC(C)=O)[C@@H](O[C@H](C)C(=O)N[C@@H](C)C(=O)N[C@H](CCC(=O)O)C(N)=O)[C@@H]1O. The zero-order chi connectivity index (χ0) is 39.8. The zero-order valence-corrected chi connectivity index (χ0v) is 32.1. The van der Waals surface area contributed by atoms with Crippen LogP contribution in [0.5, 0.6) is 0 Å². The predicted molar refractivity (Wildman–Crippen MR) is 195 cm³/mol. The number of carbonyl (C=O) groups is 6. The molecule has 1 aliphatic heterocycles. The first-order valence-electron chi connectivity index (χ1n) is 19.4. The summed E-state index contributed by atoms with van der Waals surface area (Å²) in [4.78, 5) is 72.3. The van der Waals surface area contributed by atoms with Gasteiger partial charge in [0.05, 0.1) is 0 Å². The van der Waals surface area contributed by atoms with Gasteiger partial charge in [-0.05, 0) is 26.7 Å². The lowest BCUT2D eigenvalue weighted by atomic mass is 9.96. The zero-order valence-electron chi connectivity index (χ0n) is 32.1. The average Bonchev–Trinajstić information content (AvgIpc) is 3.09. The molecule has 1 aliphatic rings. The van der Waals surface area contributed by atoms with Crippen LogP contribution in [0.25, 0.3) is 0 Å². The van der Waals surface area contributed by atoms with Crippen LogP contribution in [0.4, 0.5) is 0 Å². The summed E-state index contributed by atoms with van der Waals surface area (Å²) in [6, 6.07) is -3.80. The fourth-order valence-electron chi connectivity index (χ4n) is 6.05. The first-order chi connectivity index (χ1) is 25.2. The number of carbonyl (C=O) groups excluding carboxylic acids is 5. The van der Waals surface area contributed by atoms with Gasteiger partial charge < -0.3 is 51.2 Å². The number of amides is 4. The van der Waals surface area contributed by atoms with E-state index in [1.54, 1.807) is 0 Å². The number of unbranched alkanes of at least 4 members (excludes halogenated alkanes) is 14. The fourth-order valence-corrected chi connectivity index (χ4v) is 6.05. The van der Waals surface area contributed by atoms with Crippen LogP contribution >= 0.6 is 0 Å². The van der Waals surface area contributed by atoms with Crippen LogP contribution in [0, 0.1) is 0 Å². The molecule has 1 unspecified atom stereocenters. The monoisotopic (exact) mass is 758 g/mol. The van der Waals surface area contributed by atoms with Gasteiger partial charge in [-0.2, -0.15) is 0 Å². The van der Waals surface area contributed by atoms with Crippen molar-refractivity contribution in [2.75, 3.05) is 6.61 Å². The van der Waals surface area contributed by atoms with E-state index in [-0.39, 0.29) is 12.8 Å². The Bertz CT molecular complexity index is 1130. The quantitative estimate of drug-likeness (QED) is 0.0429. The van der Waals surface area contributed by atoms with E-state index in [2.05, 4.69) is 22.9 Å². The molecule has 0 aromatic heterocycles. The molecule has 0 saturated carbocycles. The Morgan fingerprint density at radius 2 is 1.30 bits per heavy atom. The van der Waals surface area contributed by atoms with E-state index < -0.39 is 97.4 Å². The molecule has 0 aliphatic carbocycles. The lowest BCUT2D eigenvalue weighted by molar-refractivity contribution is -0.267. The molecule has 8 N–H and O–H groups in total. The van der Waals surface area contributed by atoms with E-state index in [4.69, 9.17) is 25.1 Å². The Morgan fingerprint density at radius 1 is 0.774 bits per heavy atom. The highest BCUT2D eigenvalue weighted by Crippen LogP contribution is 2.25. The van der Waals surface area contributed by atoms with E-state index in [0.29, 0.717) is 6.42 Å². The number of aliphatic hydroxyl groups is 2. The maximum absolute atomic E-state index is 12.9. The van der Waals surface area contributed by atoms with Gasteiger partial charge in [-0.3, -0.25) is 28.8 Å². The van der Waals surface area contributed by atoms with Gasteiger partial charge >= 0.3 is 11.9 Å². The summed E-state index contributed by atoms with van der Waals surface area (Å²) in [6.45, 7) is 5.62. The number of aliphatic carboxylic acids is 1. The number of rotatable bonds is 29. The van der Waals surface area contributed by atoms with Crippen molar-refractivity contribution in [2.45, 2.75) is 192 Å². The highest BCUT2D eigenvalue weighted by atomic mass is 16.6. The van der Waals surface area contributed by atoms with E-state index in [1.165, 1.54) is 91.4 Å². The van der Waals surface area contributed by atoms with Gasteiger partial charge in [0.2, 0.25) is 23.6 Å². The second kappa shape index (κ2) is 27.3. The van der Waals surface area contributed by atoms with Gasteiger partial charge in [-0.1, -0.05) is 96.8 Å². The smallest absolute Gasteiger partial charge is 0.305 e. The summed E-state index contributed by atoms with van der Waals surface area (Å²) in [7, 11) is 0. The lowest BCUT2D eigenvalue weighted by Crippen LogP contribution is -2.66. The van der Waals surface area contributed by atoms with Crippen LogP contribution in [0.3, 0.4) is 0 Å². The van der Waals surface area contributed by atoms with Crippen molar-refractivity contribution in [1.29, 1.82) is 0 Å². The van der Waals surface area contributed by atoms with Crippen molar-refractivity contribution in [3.05, 3.63) is 0 Å². The van der Waals surface area contributed by atoms with Gasteiger partial charge in [0.15, 0.2) is 6.29 Å². The second-order valence-electron chi connectivity index (χ2n) is 14.0. The summed E-state index contributed by atoms with van der Waals surface area (Å²) in [5.74, 6) is -4.85. The van der Waals surface area contributed by atoms with Crippen molar-refractivity contribution in [1.82, 2.24) is 16.0 Å². The summed E-state index contributed by atoms with van der Waals surface area (Å²) < 4.78 is 16.6. The van der Waals surface area contributed by atoms with Crippen LogP contribution in [0.2, 0.25) is 0 Å². The molecule has 0 spiro atoms. The molecule has 1 heterocycles. The third-order valence-electron chi connectivity index (χ3n) is 9.25. The Morgan fingerprint density at radius 3 is 1.79 bits per heavy atom. The molecule has 1 fully saturated rings. The molecule has 0 bridgehead atoms. The first-order valence-corrected chi connectivity index (χ1v) is 19.4. The molecule has 0 aromatic rings. The first kappa shape index (κ1) is 47.7. The largest absolute Gasteiger partial charge is 0.481 e. The number of nitrogens with one attached hydrogen (secondary N) is 3. The third-order valence-corrected chi connectivity index (χ3v) is 9.25. The molecule has 53 heavy (non-hydrogen) atoms. The van der Waals surface area contributed by atoms with E-state index in [1.807, 2.05) is 0 Å². The van der Waals surface area contributed by atoms with Crippen molar-refractivity contribution >= 4 is 35.6 Å². The van der Waals surface area contributed by atoms with Crippen molar-refractivity contribution in [3.8, 4) is 0 Å². The molecule has 1 rings (SSSR count). The van der Waals surface area contributed by atoms with Crippen LogP contribution in [-0.2, 0) is 43.0 Å². The minimum atomic E-state index is -1.69. The summed E-state index contributed by atoms with van der Waals surface area (Å²) >= 11 is 0. The number of carboxylic acids is 1. The minimum Gasteiger partial charge on any atom is -0.481 e. The molecule has 0 aromatic carbocycles. The fraction of sp³-hybridized carbons (Fsp3) is 0.838. The number of aliphatic hydroxyl groups excluding tert-OH is 2. The summed E-state index contributed by atoms with van der Waals surface area (Å²) in [5, 5.41) is 37.8. The highest BCUT2D eigenvalue weighted by molar-refractivity contribution is 5.92. The lowest BCUT2D eigenvalue weighted by Gasteiger charge is -2.43. The number of carboxylic acid groups (broad SMARTS) is 1. The Hall–Kier alpha value is -3.34. The van der Waals surface area contributed by atoms with Gasteiger partial charge in [-0.15, -0.1) is 0 Å². The standard InChI is InChI=1S/C37H66N4O12/c1-5-6-7-8-9-10-11-12-13-14-15-16-17-18-19-20-30(45)51-23-28-32(46)33(31(37(50)53-28)40-26(4)42)52-25(3)36(49)39-24(2)35(48)41-27(34(38)47)21-22-29(43)44/h24-25,27-28,31-33,37,46,50H,5-23H2,1-4H3,(H2,38,47)(H,39,49)(H,40,42)(H,41,48)(H,43,44)/t24-,25+,27+,28+,31+,32+,33+,37?/m0/s1. The van der Waals surface area contributed by atoms with Crippen LogP contribution in [0.15, 0.2) is 0 Å². The molecule has 8 atom stereocenters. The second-order valence-corrected chi connectivity index (χ2v) is 14.0. The van der Waals surface area contributed by atoms with Crippen LogP contribution < -0.4 is 21.7 Å². The molecular weight excluding hydrogens is 692 g/mol. The van der Waals surface area contributed by atoms with Crippen molar-refractivity contribution in [3.63, 3.8) is 0 Å². The highest BCUT2D eigenvalue weighted by Gasteiger charge is 2.47. The van der Waals surface area contributed by atoms with Gasteiger partial charge in [-0.25, -0.2) is 0 Å². The minimum absolute atomic E-state index is 0.181. The maximum Gasteiger partial charge on any atom is 0.305 e. The molecule has 16 heteroatoms. The van der Waals surface area contributed by atoms with E-state index in [0.717, 1.165) is 19.3 Å². The maximum atomic E-state index is 12.9.